The van der Waals surface area contributed by atoms with Crippen LogP contribution in [0.25, 0.3) is 0 Å². The molecule has 0 radical (unpaired) electrons. The molecule has 3 rings (SSSR count). The van der Waals surface area contributed by atoms with Crippen LogP contribution in [0.15, 0.2) is 42.5 Å². The van der Waals surface area contributed by atoms with Gasteiger partial charge in [-0.3, -0.25) is 19.3 Å². The Labute approximate surface area is 158 Å². The van der Waals surface area contributed by atoms with Crippen LogP contribution < -0.4 is 10.1 Å². The molecule has 0 unspecified atom stereocenters. The van der Waals surface area contributed by atoms with Gasteiger partial charge in [-0.25, -0.2) is 0 Å². The minimum absolute atomic E-state index is 0.261. The van der Waals surface area contributed by atoms with Crippen molar-refractivity contribution in [3.05, 3.63) is 59.2 Å². The fraction of sp³-hybridized carbons (Fsp3) is 0.286. The minimum Gasteiger partial charge on any atom is -0.495 e. The lowest BCUT2D eigenvalue weighted by Crippen LogP contribution is -2.50. The highest BCUT2D eigenvalue weighted by atomic mass is 16.5. The van der Waals surface area contributed by atoms with Crippen LogP contribution in [-0.2, 0) is 4.79 Å². The third-order valence-corrected chi connectivity index (χ3v) is 4.62. The van der Waals surface area contributed by atoms with Gasteiger partial charge in [-0.15, -0.1) is 0 Å². The molecular weight excluding hydrogens is 344 g/mol. The Balaban J connectivity index is 1.93. The molecule has 1 aliphatic rings. The van der Waals surface area contributed by atoms with Gasteiger partial charge in [0, 0.05) is 0 Å². The Bertz CT molecular complexity index is 885. The number of carbonyl (C=O) groups excluding carboxylic acids is 3. The first-order valence-electron chi connectivity index (χ1n) is 8.77. The summed E-state index contributed by atoms with van der Waals surface area (Å²) in [7, 11) is 1.52. The van der Waals surface area contributed by atoms with Crippen molar-refractivity contribution in [1.29, 1.82) is 0 Å². The average molecular weight is 366 g/mol. The van der Waals surface area contributed by atoms with Crippen LogP contribution in [0, 0.1) is 12.8 Å². The topological polar surface area (TPSA) is 75.7 Å². The van der Waals surface area contributed by atoms with Crippen LogP contribution in [0.4, 0.5) is 5.69 Å². The van der Waals surface area contributed by atoms with E-state index >= 15 is 0 Å². The van der Waals surface area contributed by atoms with Crippen molar-refractivity contribution in [3.63, 3.8) is 0 Å². The molecule has 140 valence electrons. The van der Waals surface area contributed by atoms with Gasteiger partial charge in [0.15, 0.2) is 0 Å². The Morgan fingerprint density at radius 1 is 1.04 bits per heavy atom. The molecule has 1 N–H and O–H groups in total. The van der Waals surface area contributed by atoms with E-state index in [1.807, 2.05) is 13.0 Å². The van der Waals surface area contributed by atoms with Crippen molar-refractivity contribution in [2.45, 2.75) is 26.8 Å². The number of hydrogen-bond acceptors (Lipinski definition) is 4. The number of methoxy groups -OCH3 is 1. The third kappa shape index (κ3) is 3.30. The van der Waals surface area contributed by atoms with Crippen molar-refractivity contribution >= 4 is 23.4 Å². The van der Waals surface area contributed by atoms with Crippen LogP contribution in [0.2, 0.25) is 0 Å². The average Bonchev–Trinajstić information content (AvgIpc) is 2.87. The molecule has 0 spiro atoms. The number of hydrogen-bond donors (Lipinski definition) is 1. The number of fused-ring (bicyclic) bond motifs is 1. The van der Waals surface area contributed by atoms with Gasteiger partial charge < -0.3 is 10.1 Å². The van der Waals surface area contributed by atoms with E-state index < -0.39 is 23.8 Å². The Kier molecular flexibility index (Phi) is 4.99. The standard InChI is InChI=1S/C21H22N2O4/c1-12(2)18(19(24)22-16-11-13(3)9-10-17(16)27-4)23-20(25)14-7-5-6-8-15(14)21(23)26/h5-12,18H,1-4H3,(H,22,24)/t18-/m0/s1. The molecule has 3 amide bonds. The number of benzene rings is 2. The Hall–Kier alpha value is -3.15. The van der Waals surface area contributed by atoms with E-state index in [1.165, 1.54) is 7.11 Å². The second-order valence-corrected chi connectivity index (χ2v) is 6.91. The highest BCUT2D eigenvalue weighted by Gasteiger charge is 2.44. The molecule has 1 aliphatic heterocycles. The molecule has 1 heterocycles. The number of anilines is 1. The highest BCUT2D eigenvalue weighted by Crippen LogP contribution is 2.30. The van der Waals surface area contributed by atoms with Crippen LogP contribution in [-0.4, -0.2) is 35.8 Å². The molecule has 0 saturated heterocycles. The summed E-state index contributed by atoms with van der Waals surface area (Å²) in [5.41, 5.74) is 2.11. The predicted octanol–water partition coefficient (Wildman–Crippen LogP) is 3.26. The van der Waals surface area contributed by atoms with E-state index in [4.69, 9.17) is 4.74 Å². The molecule has 2 aromatic rings. The van der Waals surface area contributed by atoms with Gasteiger partial charge in [0.05, 0.1) is 23.9 Å². The SMILES string of the molecule is COc1ccc(C)cc1NC(=O)[C@H](C(C)C)N1C(=O)c2ccccc2C1=O. The zero-order chi connectivity index (χ0) is 19.7. The zero-order valence-electron chi connectivity index (χ0n) is 15.8. The van der Waals surface area contributed by atoms with Gasteiger partial charge >= 0.3 is 0 Å². The molecule has 0 fully saturated rings. The lowest BCUT2D eigenvalue weighted by molar-refractivity contribution is -0.121. The first kappa shape index (κ1) is 18.6. The number of carbonyl (C=O) groups is 3. The summed E-state index contributed by atoms with van der Waals surface area (Å²) in [4.78, 5) is 39.7. The van der Waals surface area contributed by atoms with Crippen molar-refractivity contribution in [2.24, 2.45) is 5.92 Å². The monoisotopic (exact) mass is 366 g/mol. The second-order valence-electron chi connectivity index (χ2n) is 6.91. The molecule has 1 atom stereocenters. The molecule has 0 aromatic heterocycles. The first-order valence-corrected chi connectivity index (χ1v) is 8.77. The highest BCUT2D eigenvalue weighted by molar-refractivity contribution is 6.23. The predicted molar refractivity (Wildman–Crippen MR) is 102 cm³/mol. The summed E-state index contributed by atoms with van der Waals surface area (Å²) in [5.74, 6) is -1.06. The molecule has 6 heteroatoms. The lowest BCUT2D eigenvalue weighted by atomic mass is 10.0. The van der Waals surface area contributed by atoms with Gasteiger partial charge in [-0.05, 0) is 42.7 Å². The van der Waals surface area contributed by atoms with E-state index in [2.05, 4.69) is 5.32 Å². The lowest BCUT2D eigenvalue weighted by Gasteiger charge is -2.28. The molecule has 0 bridgehead atoms. The maximum absolute atomic E-state index is 13.0. The first-order chi connectivity index (χ1) is 12.8. The smallest absolute Gasteiger partial charge is 0.262 e. The summed E-state index contributed by atoms with van der Waals surface area (Å²) in [5, 5.41) is 2.82. The van der Waals surface area contributed by atoms with Crippen LogP contribution in [0.1, 0.15) is 40.1 Å². The fourth-order valence-electron chi connectivity index (χ4n) is 3.30. The molecule has 0 aliphatic carbocycles. The molecule has 6 nitrogen and oxygen atoms in total. The van der Waals surface area contributed by atoms with E-state index in [1.54, 1.807) is 50.2 Å². The maximum atomic E-state index is 13.0. The van der Waals surface area contributed by atoms with Crippen LogP contribution in [0.5, 0.6) is 5.75 Å². The normalized spacial score (nSPS) is 14.3. The molecule has 27 heavy (non-hydrogen) atoms. The summed E-state index contributed by atoms with van der Waals surface area (Å²) >= 11 is 0. The van der Waals surface area contributed by atoms with Gasteiger partial charge in [-0.1, -0.05) is 32.0 Å². The van der Waals surface area contributed by atoms with Gasteiger partial charge in [0.1, 0.15) is 11.8 Å². The van der Waals surface area contributed by atoms with E-state index in [-0.39, 0.29) is 5.92 Å². The zero-order valence-corrected chi connectivity index (χ0v) is 15.8. The number of nitrogens with zero attached hydrogens (tertiary/aromatic N) is 1. The quantitative estimate of drug-likeness (QED) is 0.824. The van der Waals surface area contributed by atoms with Gasteiger partial charge in [0.2, 0.25) is 5.91 Å². The number of rotatable bonds is 5. The minimum atomic E-state index is -0.928. The third-order valence-electron chi connectivity index (χ3n) is 4.62. The molecular formula is C21H22N2O4. The number of amides is 3. The van der Waals surface area contributed by atoms with Crippen molar-refractivity contribution in [1.82, 2.24) is 4.90 Å². The Morgan fingerprint density at radius 3 is 2.15 bits per heavy atom. The number of nitrogens with one attached hydrogen (secondary N) is 1. The van der Waals surface area contributed by atoms with Gasteiger partial charge in [0.25, 0.3) is 11.8 Å². The fourth-order valence-corrected chi connectivity index (χ4v) is 3.30. The van der Waals surface area contributed by atoms with E-state index in [0.29, 0.717) is 22.6 Å². The second kappa shape index (κ2) is 7.23. The van der Waals surface area contributed by atoms with Crippen LogP contribution >= 0.6 is 0 Å². The summed E-state index contributed by atoms with van der Waals surface area (Å²) < 4.78 is 5.30. The molecule has 0 saturated carbocycles. The number of aryl methyl sites for hydroxylation is 1. The van der Waals surface area contributed by atoms with E-state index in [9.17, 15) is 14.4 Å². The summed E-state index contributed by atoms with van der Waals surface area (Å²) in [6, 6.07) is 11.1. The molecule has 2 aromatic carbocycles. The number of ether oxygens (including phenoxy) is 1. The van der Waals surface area contributed by atoms with Crippen LogP contribution in [0.3, 0.4) is 0 Å². The van der Waals surface area contributed by atoms with Crippen molar-refractivity contribution in [2.75, 3.05) is 12.4 Å². The van der Waals surface area contributed by atoms with Crippen molar-refractivity contribution in [3.8, 4) is 5.75 Å². The van der Waals surface area contributed by atoms with E-state index in [0.717, 1.165) is 10.5 Å². The largest absolute Gasteiger partial charge is 0.495 e. The maximum Gasteiger partial charge on any atom is 0.262 e. The summed E-state index contributed by atoms with van der Waals surface area (Å²) in [6.07, 6.45) is 0. The Morgan fingerprint density at radius 2 is 1.63 bits per heavy atom. The van der Waals surface area contributed by atoms with Crippen molar-refractivity contribution < 1.29 is 19.1 Å². The van der Waals surface area contributed by atoms with Gasteiger partial charge in [-0.2, -0.15) is 0 Å². The summed E-state index contributed by atoms with van der Waals surface area (Å²) in [6.45, 7) is 5.52. The number of imide groups is 1.